The summed E-state index contributed by atoms with van der Waals surface area (Å²) in [6.07, 6.45) is 1.43. The van der Waals surface area contributed by atoms with Crippen LogP contribution < -0.4 is 0 Å². The van der Waals surface area contributed by atoms with E-state index in [2.05, 4.69) is 22.1 Å². The maximum Gasteiger partial charge on any atom is 0.199 e. The molecule has 0 unspecified atom stereocenters. The molecule has 0 bridgehead atoms. The van der Waals surface area contributed by atoms with Crippen molar-refractivity contribution in [2.75, 3.05) is 0 Å². The predicted molar refractivity (Wildman–Crippen MR) is 56.5 cm³/mol. The molecule has 82 valence electrons. The molecule has 0 radical (unpaired) electrons. The molecule has 0 saturated heterocycles. The molecule has 0 spiro atoms. The van der Waals surface area contributed by atoms with Gasteiger partial charge in [0.25, 0.3) is 0 Å². The first-order valence-electron chi connectivity index (χ1n) is 4.34. The lowest BCUT2D eigenvalue weighted by atomic mass is 10.3. The van der Waals surface area contributed by atoms with Crippen molar-refractivity contribution in [3.8, 4) is 5.69 Å². The van der Waals surface area contributed by atoms with Gasteiger partial charge in [0.2, 0.25) is 0 Å². The minimum absolute atomic E-state index is 0.194. The zero-order valence-corrected chi connectivity index (χ0v) is 9.00. The summed E-state index contributed by atoms with van der Waals surface area (Å²) >= 11 is 0. The van der Waals surface area contributed by atoms with Crippen molar-refractivity contribution in [1.82, 2.24) is 20.2 Å². The van der Waals surface area contributed by atoms with E-state index in [9.17, 15) is 8.42 Å². The summed E-state index contributed by atoms with van der Waals surface area (Å²) in [5, 5.41) is 11.6. The summed E-state index contributed by atoms with van der Waals surface area (Å²) in [6.45, 7) is 3.26. The Morgan fingerprint density at radius 3 is 2.44 bits per heavy atom. The lowest BCUT2D eigenvalue weighted by Gasteiger charge is -2.01. The van der Waals surface area contributed by atoms with Crippen LogP contribution in [0.25, 0.3) is 5.69 Å². The van der Waals surface area contributed by atoms with Gasteiger partial charge in [-0.05, 0) is 34.7 Å². The van der Waals surface area contributed by atoms with Gasteiger partial charge in [0.05, 0.1) is 10.6 Å². The Labute approximate surface area is 92.1 Å². The number of rotatable bonds is 3. The molecule has 0 amide bonds. The van der Waals surface area contributed by atoms with Crippen molar-refractivity contribution in [3.05, 3.63) is 42.6 Å². The third kappa shape index (κ3) is 1.84. The van der Waals surface area contributed by atoms with Gasteiger partial charge in [-0.1, -0.05) is 6.58 Å². The number of aromatic nitrogens is 4. The fourth-order valence-corrected chi connectivity index (χ4v) is 1.87. The average Bonchev–Trinajstić information content (AvgIpc) is 2.83. The lowest BCUT2D eigenvalue weighted by molar-refractivity contribution is 0.604. The molecule has 0 saturated carbocycles. The Morgan fingerprint density at radius 2 is 1.94 bits per heavy atom. The van der Waals surface area contributed by atoms with Crippen molar-refractivity contribution >= 4 is 9.84 Å². The summed E-state index contributed by atoms with van der Waals surface area (Å²) < 4.78 is 24.3. The number of sulfone groups is 1. The van der Waals surface area contributed by atoms with E-state index < -0.39 is 9.84 Å². The Kier molecular flexibility index (Phi) is 2.53. The second-order valence-electron chi connectivity index (χ2n) is 2.96. The molecule has 7 heteroatoms. The highest BCUT2D eigenvalue weighted by molar-refractivity contribution is 7.94. The van der Waals surface area contributed by atoms with Crippen molar-refractivity contribution in [3.63, 3.8) is 0 Å². The average molecular weight is 236 g/mol. The minimum Gasteiger partial charge on any atom is -0.219 e. The molecule has 0 aliphatic heterocycles. The monoisotopic (exact) mass is 236 g/mol. The van der Waals surface area contributed by atoms with Gasteiger partial charge < -0.3 is 0 Å². The zero-order valence-electron chi connectivity index (χ0n) is 8.18. The van der Waals surface area contributed by atoms with Gasteiger partial charge in [-0.25, -0.2) is 13.1 Å². The van der Waals surface area contributed by atoms with Gasteiger partial charge in [0.15, 0.2) is 9.84 Å². The SMILES string of the molecule is C=CS(=O)(=O)c1ccc(-n2cnnn2)cc1. The van der Waals surface area contributed by atoms with Gasteiger partial charge in [-0.15, -0.1) is 5.10 Å². The maximum atomic E-state index is 11.4. The lowest BCUT2D eigenvalue weighted by Crippen LogP contribution is -1.98. The van der Waals surface area contributed by atoms with Crippen LogP contribution in [-0.4, -0.2) is 28.6 Å². The van der Waals surface area contributed by atoms with Crippen molar-refractivity contribution < 1.29 is 8.42 Å². The van der Waals surface area contributed by atoms with E-state index in [4.69, 9.17) is 0 Å². The van der Waals surface area contributed by atoms with Crippen LogP contribution in [0.1, 0.15) is 0 Å². The summed E-state index contributed by atoms with van der Waals surface area (Å²) in [6, 6.07) is 6.20. The largest absolute Gasteiger partial charge is 0.219 e. The Hall–Kier alpha value is -2.02. The summed E-state index contributed by atoms with van der Waals surface area (Å²) in [4.78, 5) is 0.194. The van der Waals surface area contributed by atoms with Crippen LogP contribution in [0.15, 0.2) is 47.5 Å². The number of nitrogens with zero attached hydrogens (tertiary/aromatic N) is 4. The molecule has 1 aromatic carbocycles. The number of hydrogen-bond acceptors (Lipinski definition) is 5. The second-order valence-corrected chi connectivity index (χ2v) is 4.85. The van der Waals surface area contributed by atoms with Gasteiger partial charge >= 0.3 is 0 Å². The highest BCUT2D eigenvalue weighted by Crippen LogP contribution is 2.14. The van der Waals surface area contributed by atoms with Crippen LogP contribution in [0.3, 0.4) is 0 Å². The normalized spacial score (nSPS) is 11.2. The maximum absolute atomic E-state index is 11.4. The fourth-order valence-electron chi connectivity index (χ4n) is 1.16. The molecule has 1 aromatic heterocycles. The first-order chi connectivity index (χ1) is 7.63. The van der Waals surface area contributed by atoms with Crippen LogP contribution in [0.2, 0.25) is 0 Å². The van der Waals surface area contributed by atoms with Gasteiger partial charge in [0.1, 0.15) is 6.33 Å². The third-order valence-electron chi connectivity index (χ3n) is 2.00. The first-order valence-corrected chi connectivity index (χ1v) is 5.89. The van der Waals surface area contributed by atoms with E-state index in [1.165, 1.54) is 23.1 Å². The number of benzene rings is 1. The molecule has 0 fully saturated rings. The second kappa shape index (κ2) is 3.86. The summed E-state index contributed by atoms with van der Waals surface area (Å²) in [5.41, 5.74) is 0.688. The summed E-state index contributed by atoms with van der Waals surface area (Å²) in [5.74, 6) is 0. The molecule has 16 heavy (non-hydrogen) atoms. The van der Waals surface area contributed by atoms with E-state index in [0.29, 0.717) is 5.69 Å². The van der Waals surface area contributed by atoms with Crippen molar-refractivity contribution in [2.24, 2.45) is 0 Å². The smallest absolute Gasteiger partial charge is 0.199 e. The molecule has 1 heterocycles. The van der Waals surface area contributed by atoms with Gasteiger partial charge in [-0.3, -0.25) is 0 Å². The molecule has 0 atom stereocenters. The standard InChI is InChI=1S/C9H8N4O2S/c1-2-16(14,15)9-5-3-8(4-6-9)13-7-10-11-12-13/h2-7H,1H2. The van der Waals surface area contributed by atoms with Crippen LogP contribution in [-0.2, 0) is 9.84 Å². The molecular formula is C9H8N4O2S. The van der Waals surface area contributed by atoms with E-state index in [-0.39, 0.29) is 4.90 Å². The highest BCUT2D eigenvalue weighted by Gasteiger charge is 2.09. The van der Waals surface area contributed by atoms with Crippen LogP contribution in [0, 0.1) is 0 Å². The van der Waals surface area contributed by atoms with Gasteiger partial charge in [0, 0.05) is 5.41 Å². The van der Waals surface area contributed by atoms with Crippen molar-refractivity contribution in [2.45, 2.75) is 4.90 Å². The Morgan fingerprint density at radius 1 is 1.25 bits per heavy atom. The first kappa shape index (κ1) is 10.5. The van der Waals surface area contributed by atoms with E-state index in [1.807, 2.05) is 0 Å². The minimum atomic E-state index is -3.38. The van der Waals surface area contributed by atoms with E-state index in [1.54, 1.807) is 12.1 Å². The van der Waals surface area contributed by atoms with Crippen LogP contribution in [0.5, 0.6) is 0 Å². The molecular weight excluding hydrogens is 228 g/mol. The zero-order chi connectivity index (χ0) is 11.6. The highest BCUT2D eigenvalue weighted by atomic mass is 32.2. The van der Waals surface area contributed by atoms with Crippen molar-refractivity contribution in [1.29, 1.82) is 0 Å². The molecule has 2 rings (SSSR count). The quantitative estimate of drug-likeness (QED) is 0.779. The Bertz CT molecular complexity index is 587. The molecule has 6 nitrogen and oxygen atoms in total. The molecule has 0 aliphatic carbocycles. The van der Waals surface area contributed by atoms with E-state index in [0.717, 1.165) is 5.41 Å². The topological polar surface area (TPSA) is 77.7 Å². The number of tetrazole rings is 1. The molecule has 0 N–H and O–H groups in total. The van der Waals surface area contributed by atoms with Crippen LogP contribution >= 0.6 is 0 Å². The molecule has 2 aromatic rings. The van der Waals surface area contributed by atoms with Crippen LogP contribution in [0.4, 0.5) is 0 Å². The Balaban J connectivity index is 2.41. The molecule has 0 aliphatic rings. The van der Waals surface area contributed by atoms with E-state index >= 15 is 0 Å². The predicted octanol–water partition coefficient (Wildman–Crippen LogP) is 0.579. The third-order valence-corrected chi connectivity index (χ3v) is 3.37. The van der Waals surface area contributed by atoms with Gasteiger partial charge in [-0.2, -0.15) is 0 Å². The fraction of sp³-hybridized carbons (Fsp3) is 0. The summed E-state index contributed by atoms with van der Waals surface area (Å²) in [7, 11) is -3.38. The number of hydrogen-bond donors (Lipinski definition) is 0.